The molecule has 0 radical (unpaired) electrons. The van der Waals surface area contributed by atoms with Gasteiger partial charge in [-0.15, -0.1) is 0 Å². The zero-order chi connectivity index (χ0) is 22.8. The van der Waals surface area contributed by atoms with Crippen LogP contribution in [0.15, 0.2) is 54.9 Å². The van der Waals surface area contributed by atoms with Gasteiger partial charge >= 0.3 is 0 Å². The molecule has 4 aromatic rings. The number of H-pyrrole nitrogens is 2. The molecule has 1 amide bonds. The molecule has 6 rings (SSSR count). The van der Waals surface area contributed by atoms with Crippen LogP contribution in [0.2, 0.25) is 0 Å². The first kappa shape index (κ1) is 20.2. The van der Waals surface area contributed by atoms with Crippen LogP contribution in [-0.4, -0.2) is 43.3 Å². The summed E-state index contributed by atoms with van der Waals surface area (Å²) in [6.07, 6.45) is 7.11. The zero-order valence-electron chi connectivity index (χ0n) is 19.4. The smallest absolute Gasteiger partial charge is 0.254 e. The van der Waals surface area contributed by atoms with Crippen LogP contribution >= 0.6 is 0 Å². The molecule has 3 aromatic heterocycles. The summed E-state index contributed by atoms with van der Waals surface area (Å²) >= 11 is 0. The van der Waals surface area contributed by atoms with Crippen molar-refractivity contribution >= 4 is 16.9 Å². The van der Waals surface area contributed by atoms with E-state index in [0.717, 1.165) is 53.2 Å². The van der Waals surface area contributed by atoms with Gasteiger partial charge in [0, 0.05) is 30.5 Å². The number of fused-ring (bicyclic) bond motifs is 3. The van der Waals surface area contributed by atoms with Crippen molar-refractivity contribution in [2.45, 2.75) is 46.1 Å². The number of carbonyl (C=O) groups is 1. The molecule has 1 aromatic carbocycles. The van der Waals surface area contributed by atoms with Crippen LogP contribution in [0.25, 0.3) is 33.8 Å². The topological polar surface area (TPSA) is 77.7 Å². The van der Waals surface area contributed by atoms with Crippen molar-refractivity contribution in [3.05, 3.63) is 60.4 Å². The van der Waals surface area contributed by atoms with E-state index in [9.17, 15) is 4.79 Å². The molecule has 2 N–H and O–H groups in total. The van der Waals surface area contributed by atoms with Crippen molar-refractivity contribution in [2.75, 3.05) is 6.54 Å². The molecule has 0 spiro atoms. The lowest BCUT2D eigenvalue weighted by Crippen LogP contribution is -2.37. The maximum absolute atomic E-state index is 13.6. The Hall–Kier alpha value is -3.41. The van der Waals surface area contributed by atoms with Crippen LogP contribution in [0.5, 0.6) is 0 Å². The molecule has 2 atom stereocenters. The maximum Gasteiger partial charge on any atom is 0.254 e. The number of likely N-dealkylation sites (tertiary alicyclic amines) is 1. The van der Waals surface area contributed by atoms with Gasteiger partial charge in [0.05, 0.1) is 22.4 Å². The monoisotopic (exact) mass is 439 g/mol. The minimum atomic E-state index is 0.111. The predicted octanol–water partition coefficient (Wildman–Crippen LogP) is 5.66. The highest BCUT2D eigenvalue weighted by Gasteiger charge is 2.51. The highest BCUT2D eigenvalue weighted by molar-refractivity contribution is 5.98. The molecule has 1 aliphatic carbocycles. The third-order valence-corrected chi connectivity index (χ3v) is 7.29. The molecule has 6 nitrogen and oxygen atoms in total. The predicted molar refractivity (Wildman–Crippen MR) is 130 cm³/mol. The largest absolute Gasteiger partial charge is 0.360 e. The first-order valence-electron chi connectivity index (χ1n) is 11.7. The van der Waals surface area contributed by atoms with E-state index in [1.807, 2.05) is 54.9 Å². The summed E-state index contributed by atoms with van der Waals surface area (Å²) in [5, 5.41) is 0. The number of nitrogens with one attached hydrogen (secondary N) is 2. The second kappa shape index (κ2) is 7.04. The number of nitrogens with zero attached hydrogens (tertiary/aromatic N) is 3. The number of amides is 1. The van der Waals surface area contributed by atoms with Gasteiger partial charge < -0.3 is 14.9 Å². The molecule has 33 heavy (non-hydrogen) atoms. The number of hydrogen-bond donors (Lipinski definition) is 2. The van der Waals surface area contributed by atoms with E-state index in [0.29, 0.717) is 11.6 Å². The van der Waals surface area contributed by atoms with Crippen LogP contribution in [-0.2, 0) is 0 Å². The number of aromatic nitrogens is 4. The highest BCUT2D eigenvalue weighted by atomic mass is 16.2. The average molecular weight is 440 g/mol. The van der Waals surface area contributed by atoms with Crippen molar-refractivity contribution in [3.63, 3.8) is 0 Å². The van der Waals surface area contributed by atoms with Crippen molar-refractivity contribution < 1.29 is 4.79 Å². The van der Waals surface area contributed by atoms with Crippen LogP contribution in [0, 0.1) is 10.8 Å². The van der Waals surface area contributed by atoms with Gasteiger partial charge in [-0.2, -0.15) is 0 Å². The molecule has 1 saturated heterocycles. The fraction of sp³-hybridized carbons (Fsp3) is 0.370. The van der Waals surface area contributed by atoms with Crippen LogP contribution in [0.1, 0.15) is 50.4 Å². The van der Waals surface area contributed by atoms with Gasteiger partial charge in [-0.1, -0.05) is 20.8 Å². The minimum absolute atomic E-state index is 0.111. The molecule has 2 aliphatic rings. The molecule has 1 aliphatic heterocycles. The molecule has 1 saturated carbocycles. The number of benzene rings is 1. The van der Waals surface area contributed by atoms with E-state index in [2.05, 4.69) is 35.6 Å². The third kappa shape index (κ3) is 3.45. The summed E-state index contributed by atoms with van der Waals surface area (Å²) in [6.45, 7) is 7.84. The Balaban J connectivity index is 1.40. The van der Waals surface area contributed by atoms with E-state index in [1.54, 1.807) is 0 Å². The molecule has 2 bridgehead atoms. The molecule has 2 fully saturated rings. The van der Waals surface area contributed by atoms with Gasteiger partial charge in [0.1, 0.15) is 11.4 Å². The van der Waals surface area contributed by atoms with Crippen LogP contribution in [0.3, 0.4) is 0 Å². The minimum Gasteiger partial charge on any atom is -0.360 e. The van der Waals surface area contributed by atoms with E-state index < -0.39 is 0 Å². The molecule has 0 unspecified atom stereocenters. The fourth-order valence-corrected chi connectivity index (χ4v) is 6.38. The Morgan fingerprint density at radius 1 is 0.939 bits per heavy atom. The van der Waals surface area contributed by atoms with Crippen molar-refractivity contribution in [2.24, 2.45) is 10.8 Å². The third-order valence-electron chi connectivity index (χ3n) is 7.29. The molecule has 4 heterocycles. The summed E-state index contributed by atoms with van der Waals surface area (Å²) in [5.41, 5.74) is 6.06. The number of aromatic amines is 2. The quantitative estimate of drug-likeness (QED) is 0.432. The molecular formula is C27H29N5O. The van der Waals surface area contributed by atoms with Crippen molar-refractivity contribution in [1.82, 2.24) is 24.8 Å². The molecule has 6 heteroatoms. The summed E-state index contributed by atoms with van der Waals surface area (Å²) in [4.78, 5) is 32.1. The Morgan fingerprint density at radius 2 is 1.61 bits per heavy atom. The second-order valence-electron chi connectivity index (χ2n) is 10.9. The van der Waals surface area contributed by atoms with Crippen molar-refractivity contribution in [3.8, 4) is 22.8 Å². The van der Waals surface area contributed by atoms with Gasteiger partial charge in [0.15, 0.2) is 0 Å². The summed E-state index contributed by atoms with van der Waals surface area (Å²) in [6, 6.07) is 13.9. The Labute approximate surface area is 193 Å². The average Bonchev–Trinajstić information content (AvgIpc) is 3.52. The normalized spacial score (nSPS) is 23.8. The van der Waals surface area contributed by atoms with E-state index in [4.69, 9.17) is 9.97 Å². The van der Waals surface area contributed by atoms with Gasteiger partial charge in [-0.3, -0.25) is 4.79 Å². The summed E-state index contributed by atoms with van der Waals surface area (Å²) in [7, 11) is 0. The Bertz CT molecular complexity index is 1340. The second-order valence-corrected chi connectivity index (χ2v) is 10.9. The van der Waals surface area contributed by atoms with Gasteiger partial charge in [0.2, 0.25) is 0 Å². The number of hydrogen-bond acceptors (Lipinski definition) is 3. The summed E-state index contributed by atoms with van der Waals surface area (Å²) < 4.78 is 0. The zero-order valence-corrected chi connectivity index (χ0v) is 19.4. The van der Waals surface area contributed by atoms with Gasteiger partial charge in [-0.25, -0.2) is 9.97 Å². The van der Waals surface area contributed by atoms with Gasteiger partial charge in [-0.05, 0) is 72.6 Å². The lowest BCUT2D eigenvalue weighted by molar-refractivity contribution is 0.0708. The summed E-state index contributed by atoms with van der Waals surface area (Å²) in [5.74, 6) is 0.111. The maximum atomic E-state index is 13.6. The lowest BCUT2D eigenvalue weighted by Gasteiger charge is -2.39. The van der Waals surface area contributed by atoms with E-state index in [1.165, 1.54) is 6.42 Å². The lowest BCUT2D eigenvalue weighted by atomic mass is 9.65. The fourth-order valence-electron chi connectivity index (χ4n) is 6.38. The molecular weight excluding hydrogens is 410 g/mol. The first-order chi connectivity index (χ1) is 15.8. The van der Waals surface area contributed by atoms with Crippen molar-refractivity contribution in [1.29, 1.82) is 0 Å². The standard InChI is InChI=1S/C27H29N5O/c1-26(2)13-18-14-27(3,15-26)16-32(18)25(33)17-8-9-19-22(12-17)31-24(21-7-5-11-29-21)23(30-19)20-6-4-10-28-20/h4-12,18,28-29H,13-16H2,1-3H3/t18-,27+/m0/s1. The Kier molecular flexibility index (Phi) is 4.31. The van der Waals surface area contributed by atoms with E-state index in [-0.39, 0.29) is 16.7 Å². The van der Waals surface area contributed by atoms with Gasteiger partial charge in [0.25, 0.3) is 5.91 Å². The highest BCUT2D eigenvalue weighted by Crippen LogP contribution is 2.52. The van der Waals surface area contributed by atoms with Crippen LogP contribution in [0.4, 0.5) is 0 Å². The van der Waals surface area contributed by atoms with Crippen LogP contribution < -0.4 is 0 Å². The SMILES string of the molecule is CC1(C)C[C@H]2C[C@@](C)(CN2C(=O)c2ccc3nc(-c4ccc[nH]4)c(-c4ccc[nH]4)nc3c2)C1. The Morgan fingerprint density at radius 3 is 2.24 bits per heavy atom. The molecule has 168 valence electrons. The number of rotatable bonds is 3. The van der Waals surface area contributed by atoms with E-state index >= 15 is 0 Å². The first-order valence-corrected chi connectivity index (χ1v) is 11.7. The number of carbonyl (C=O) groups excluding carboxylic acids is 1.